The molecule has 0 aliphatic heterocycles. The molecule has 4 rings (SSSR count). The van der Waals surface area contributed by atoms with Gasteiger partial charge in [0.25, 0.3) is 0 Å². The maximum Gasteiger partial charge on any atom is 0.407 e. The molecular formula is C27H32N2O5S. The molecule has 3 N–H and O–H groups in total. The Balaban J connectivity index is 1.15. The number of ether oxygens (including phenoxy) is 1. The number of thioether (sulfide) groups is 1. The number of carboxylic acids is 1. The molecule has 1 fully saturated rings. The Morgan fingerprint density at radius 3 is 2.17 bits per heavy atom. The van der Waals surface area contributed by atoms with Gasteiger partial charge in [-0.1, -0.05) is 48.5 Å². The number of rotatable bonds is 10. The molecule has 0 heterocycles. The molecule has 8 heteroatoms. The Morgan fingerprint density at radius 1 is 0.914 bits per heavy atom. The molecule has 2 aromatic rings. The minimum absolute atomic E-state index is 0.00909. The predicted molar refractivity (Wildman–Crippen MR) is 136 cm³/mol. The van der Waals surface area contributed by atoms with Crippen LogP contribution in [-0.2, 0) is 14.3 Å². The van der Waals surface area contributed by atoms with Crippen LogP contribution in [0.15, 0.2) is 48.5 Å². The number of aliphatic carboxylic acids is 1. The maximum atomic E-state index is 12.4. The van der Waals surface area contributed by atoms with Crippen molar-refractivity contribution in [2.45, 2.75) is 31.6 Å². The first kappa shape index (κ1) is 25.1. The zero-order valence-electron chi connectivity index (χ0n) is 19.7. The highest BCUT2D eigenvalue weighted by atomic mass is 32.2. The van der Waals surface area contributed by atoms with E-state index in [4.69, 9.17) is 9.84 Å². The van der Waals surface area contributed by atoms with Crippen LogP contribution in [0.1, 0.15) is 42.7 Å². The first-order valence-corrected chi connectivity index (χ1v) is 13.3. The number of benzene rings is 2. The Bertz CT molecular complexity index is 1010. The summed E-state index contributed by atoms with van der Waals surface area (Å²) in [5.41, 5.74) is 4.80. The summed E-state index contributed by atoms with van der Waals surface area (Å²) in [5.74, 6) is 0.227. The molecule has 0 saturated heterocycles. The Labute approximate surface area is 210 Å². The molecule has 7 nitrogen and oxygen atoms in total. The molecule has 1 saturated carbocycles. The monoisotopic (exact) mass is 496 g/mol. The van der Waals surface area contributed by atoms with Crippen molar-refractivity contribution < 1.29 is 24.2 Å². The second-order valence-electron chi connectivity index (χ2n) is 9.16. The van der Waals surface area contributed by atoms with Crippen LogP contribution in [0, 0.1) is 11.8 Å². The average molecular weight is 497 g/mol. The van der Waals surface area contributed by atoms with Gasteiger partial charge in [0.05, 0.1) is 5.75 Å². The zero-order chi connectivity index (χ0) is 24.6. The summed E-state index contributed by atoms with van der Waals surface area (Å²) >= 11 is 1.30. The van der Waals surface area contributed by atoms with E-state index in [-0.39, 0.29) is 23.5 Å². The molecule has 0 atom stereocenters. The van der Waals surface area contributed by atoms with Gasteiger partial charge in [0.1, 0.15) is 6.61 Å². The first-order chi connectivity index (χ1) is 17.0. The second kappa shape index (κ2) is 12.1. The molecular weight excluding hydrogens is 464 g/mol. The highest BCUT2D eigenvalue weighted by molar-refractivity contribution is 7.99. The van der Waals surface area contributed by atoms with Crippen molar-refractivity contribution in [1.82, 2.24) is 10.6 Å². The predicted octanol–water partition coefficient (Wildman–Crippen LogP) is 4.27. The Morgan fingerprint density at radius 2 is 1.54 bits per heavy atom. The Hall–Kier alpha value is -3.00. The van der Waals surface area contributed by atoms with Crippen molar-refractivity contribution in [3.05, 3.63) is 59.7 Å². The summed E-state index contributed by atoms with van der Waals surface area (Å²) < 4.78 is 5.62. The standard InChI is InChI=1S/C27H32N2O5S/c30-25(31)17-35-14-13-28-26(32)19-11-9-18(10-12-19)15-29-27(33)34-16-24-22-7-3-1-5-20(22)21-6-2-4-8-23(21)24/h1-8,18-19,24H,9-17H2,(H,28,32)(H,29,33)(H,30,31). The number of hydrogen-bond donors (Lipinski definition) is 3. The maximum absolute atomic E-state index is 12.4. The van der Waals surface area contributed by atoms with Crippen molar-refractivity contribution in [3.8, 4) is 11.1 Å². The number of fused-ring (bicyclic) bond motifs is 3. The van der Waals surface area contributed by atoms with Crippen molar-refractivity contribution in [2.24, 2.45) is 11.8 Å². The third-order valence-electron chi connectivity index (χ3n) is 6.87. The van der Waals surface area contributed by atoms with Gasteiger partial charge in [-0.3, -0.25) is 9.59 Å². The van der Waals surface area contributed by atoms with Gasteiger partial charge in [0, 0.05) is 30.7 Å². The van der Waals surface area contributed by atoms with Crippen LogP contribution in [0.5, 0.6) is 0 Å². The largest absolute Gasteiger partial charge is 0.481 e. The third kappa shape index (κ3) is 6.57. The number of carboxylic acid groups (broad SMARTS) is 1. The molecule has 2 aliphatic rings. The summed E-state index contributed by atoms with van der Waals surface area (Å²) in [6.45, 7) is 1.34. The van der Waals surface area contributed by atoms with Gasteiger partial charge in [-0.25, -0.2) is 4.79 Å². The van der Waals surface area contributed by atoms with E-state index in [1.807, 2.05) is 24.3 Å². The molecule has 186 valence electrons. The van der Waals surface area contributed by atoms with E-state index in [9.17, 15) is 14.4 Å². The van der Waals surface area contributed by atoms with Crippen molar-refractivity contribution in [2.75, 3.05) is 31.2 Å². The lowest BCUT2D eigenvalue weighted by Gasteiger charge is -2.27. The molecule has 2 aliphatic carbocycles. The normalized spacial score (nSPS) is 18.9. The van der Waals surface area contributed by atoms with Gasteiger partial charge in [0.2, 0.25) is 5.91 Å². The lowest BCUT2D eigenvalue weighted by molar-refractivity contribution is -0.134. The summed E-state index contributed by atoms with van der Waals surface area (Å²) in [7, 11) is 0. The van der Waals surface area contributed by atoms with E-state index < -0.39 is 12.1 Å². The summed E-state index contributed by atoms with van der Waals surface area (Å²) in [6, 6.07) is 16.5. The van der Waals surface area contributed by atoms with Gasteiger partial charge < -0.3 is 20.5 Å². The topological polar surface area (TPSA) is 105 Å². The SMILES string of the molecule is O=C(O)CSCCNC(=O)C1CCC(CNC(=O)OCC2c3ccccc3-c3ccccc32)CC1. The van der Waals surface area contributed by atoms with Crippen molar-refractivity contribution in [1.29, 1.82) is 0 Å². The van der Waals surface area contributed by atoms with Gasteiger partial charge in [-0.05, 0) is 53.9 Å². The van der Waals surface area contributed by atoms with E-state index >= 15 is 0 Å². The minimum atomic E-state index is -0.841. The number of hydrogen-bond acceptors (Lipinski definition) is 5. The fourth-order valence-corrected chi connectivity index (χ4v) is 5.62. The van der Waals surface area contributed by atoms with E-state index in [2.05, 4.69) is 34.9 Å². The molecule has 0 aromatic heterocycles. The number of nitrogens with one attached hydrogen (secondary N) is 2. The van der Waals surface area contributed by atoms with E-state index in [0.717, 1.165) is 25.7 Å². The molecule has 0 radical (unpaired) electrons. The van der Waals surface area contributed by atoms with Crippen LogP contribution in [-0.4, -0.2) is 54.3 Å². The van der Waals surface area contributed by atoms with Gasteiger partial charge in [0.15, 0.2) is 0 Å². The van der Waals surface area contributed by atoms with Crippen LogP contribution in [0.4, 0.5) is 4.79 Å². The molecule has 2 amide bonds. The van der Waals surface area contributed by atoms with Crippen LogP contribution in [0.25, 0.3) is 11.1 Å². The average Bonchev–Trinajstić information content (AvgIpc) is 3.19. The smallest absolute Gasteiger partial charge is 0.407 e. The summed E-state index contributed by atoms with van der Waals surface area (Å²) in [5, 5.41) is 14.5. The quantitative estimate of drug-likeness (QED) is 0.425. The van der Waals surface area contributed by atoms with Crippen LogP contribution >= 0.6 is 11.8 Å². The summed E-state index contributed by atoms with van der Waals surface area (Å²) in [4.78, 5) is 35.3. The second-order valence-corrected chi connectivity index (χ2v) is 10.3. The van der Waals surface area contributed by atoms with Gasteiger partial charge >= 0.3 is 12.1 Å². The van der Waals surface area contributed by atoms with E-state index in [1.165, 1.54) is 34.0 Å². The molecule has 2 aromatic carbocycles. The number of amides is 2. The van der Waals surface area contributed by atoms with Gasteiger partial charge in [-0.2, -0.15) is 0 Å². The summed E-state index contributed by atoms with van der Waals surface area (Å²) in [6.07, 6.45) is 2.96. The van der Waals surface area contributed by atoms with Crippen molar-refractivity contribution in [3.63, 3.8) is 0 Å². The first-order valence-electron chi connectivity index (χ1n) is 12.2. The van der Waals surface area contributed by atoms with E-state index in [0.29, 0.717) is 31.4 Å². The third-order valence-corrected chi connectivity index (χ3v) is 7.81. The van der Waals surface area contributed by atoms with Crippen LogP contribution in [0.2, 0.25) is 0 Å². The highest BCUT2D eigenvalue weighted by Gasteiger charge is 2.29. The van der Waals surface area contributed by atoms with Gasteiger partial charge in [-0.15, -0.1) is 11.8 Å². The van der Waals surface area contributed by atoms with E-state index in [1.54, 1.807) is 0 Å². The number of carbonyl (C=O) groups is 3. The van der Waals surface area contributed by atoms with Crippen molar-refractivity contribution >= 4 is 29.7 Å². The molecule has 0 unspecified atom stereocenters. The zero-order valence-corrected chi connectivity index (χ0v) is 20.5. The Kier molecular flexibility index (Phi) is 8.69. The lowest BCUT2D eigenvalue weighted by Crippen LogP contribution is -2.37. The highest BCUT2D eigenvalue weighted by Crippen LogP contribution is 2.44. The number of carbonyl (C=O) groups excluding carboxylic acids is 2. The molecule has 0 bridgehead atoms. The lowest BCUT2D eigenvalue weighted by atomic mass is 9.81. The molecule has 35 heavy (non-hydrogen) atoms. The van der Waals surface area contributed by atoms with Crippen LogP contribution in [0.3, 0.4) is 0 Å². The van der Waals surface area contributed by atoms with Crippen LogP contribution < -0.4 is 10.6 Å². The minimum Gasteiger partial charge on any atom is -0.481 e. The fraction of sp³-hybridized carbons (Fsp3) is 0.444. The number of alkyl carbamates (subject to hydrolysis) is 1. The molecule has 0 spiro atoms. The fourth-order valence-electron chi connectivity index (χ4n) is 5.06.